The van der Waals surface area contributed by atoms with Crippen LogP contribution in [0.5, 0.6) is 0 Å². The van der Waals surface area contributed by atoms with Gasteiger partial charge in [0, 0.05) is 58.6 Å². The predicted molar refractivity (Wildman–Crippen MR) is 171 cm³/mol. The number of rotatable bonds is 13. The molecule has 10 atom stereocenters. The number of hydrogen-bond donors (Lipinski definition) is 1. The Kier molecular flexibility index (Phi) is 15.1. The molecule has 1 aromatic rings. The van der Waals surface area contributed by atoms with Crippen molar-refractivity contribution in [2.75, 3.05) is 18.5 Å². The van der Waals surface area contributed by atoms with Gasteiger partial charge in [0.05, 0.1) is 0 Å². The maximum Gasteiger partial charge on any atom is 0.303 e. The van der Waals surface area contributed by atoms with E-state index in [4.69, 9.17) is 47.4 Å². The molecule has 0 spiro atoms. The molecule has 282 valence electrons. The summed E-state index contributed by atoms with van der Waals surface area (Å²) in [5.74, 6) is -5.73. The summed E-state index contributed by atoms with van der Waals surface area (Å²) in [5.41, 5.74) is 0.493. The van der Waals surface area contributed by atoms with E-state index in [1.54, 1.807) is 24.3 Å². The number of carbonyl (C=O) groups excluding carboxylic acids is 7. The first-order valence-electron chi connectivity index (χ1n) is 15.6. The number of hydrogen-bond acceptors (Lipinski definition) is 18. The Balaban J connectivity index is 2.16. The van der Waals surface area contributed by atoms with Gasteiger partial charge in [0.15, 0.2) is 43.0 Å². The first-order chi connectivity index (χ1) is 23.9. The number of ether oxygens (including phenoxy) is 10. The van der Waals surface area contributed by atoms with Crippen molar-refractivity contribution in [1.82, 2.24) is 0 Å². The van der Waals surface area contributed by atoms with Gasteiger partial charge in [-0.05, 0) is 24.3 Å². The van der Waals surface area contributed by atoms with Gasteiger partial charge in [-0.2, -0.15) is 0 Å². The van der Waals surface area contributed by atoms with Crippen LogP contribution in [-0.2, 0) is 80.9 Å². The summed E-state index contributed by atoms with van der Waals surface area (Å²) in [6.45, 7) is 6.54. The smallest absolute Gasteiger partial charge is 0.303 e. The van der Waals surface area contributed by atoms with E-state index in [1.165, 1.54) is 0 Å². The normalized spacial score (nSPS) is 28.6. The molecule has 2 heterocycles. The molecule has 0 radical (unpaired) electrons. The largest absolute Gasteiger partial charge is 0.463 e. The fraction of sp³-hybridized carbons (Fsp3) is 0.594. The third-order valence-electron chi connectivity index (χ3n) is 7.08. The molecular weight excluding hydrogens is 750 g/mol. The van der Waals surface area contributed by atoms with E-state index in [-0.39, 0.29) is 0 Å². The topological polar surface area (TPSA) is 224 Å². The number of carbonyl (C=O) groups is 7. The molecule has 2 aliphatic heterocycles. The van der Waals surface area contributed by atoms with Crippen molar-refractivity contribution in [1.29, 1.82) is 0 Å². The first-order valence-corrected chi connectivity index (χ1v) is 16.4. The molecule has 0 aliphatic carbocycles. The minimum absolute atomic E-state index is 0.493. The molecule has 0 saturated carbocycles. The number of anilines is 1. The van der Waals surface area contributed by atoms with Gasteiger partial charge in [-0.3, -0.25) is 33.6 Å². The summed E-state index contributed by atoms with van der Waals surface area (Å²) >= 11 is 3.35. The summed E-state index contributed by atoms with van der Waals surface area (Å²) in [4.78, 5) is 85.6. The quantitative estimate of drug-likeness (QED) is 0.221. The molecular formula is C32H40BrNO17. The Labute approximate surface area is 301 Å². The van der Waals surface area contributed by atoms with E-state index in [9.17, 15) is 33.6 Å². The molecule has 0 amide bonds. The highest BCUT2D eigenvalue weighted by molar-refractivity contribution is 9.10. The van der Waals surface area contributed by atoms with Crippen molar-refractivity contribution < 1.29 is 80.9 Å². The van der Waals surface area contributed by atoms with Gasteiger partial charge in [-0.15, -0.1) is 0 Å². The first kappa shape index (κ1) is 41.1. The molecule has 51 heavy (non-hydrogen) atoms. The molecule has 10 unspecified atom stereocenters. The van der Waals surface area contributed by atoms with Crippen LogP contribution in [-0.4, -0.2) is 116 Å². The molecule has 2 fully saturated rings. The molecule has 0 bridgehead atoms. The zero-order chi connectivity index (χ0) is 38.0. The summed E-state index contributed by atoms with van der Waals surface area (Å²) in [5, 5.41) is 3.07. The highest BCUT2D eigenvalue weighted by atomic mass is 79.9. The SMILES string of the molecule is CC(=O)OCC1OC(Nc2ccc(Br)cc2)C(OC(C)=O)C(OC(C)=O)C1OC1OC(COC(C)=O)C(OC(C)=O)C(OC(C)=O)C1OC(C)=O. The minimum atomic E-state index is -1.77. The lowest BCUT2D eigenvalue weighted by atomic mass is 9.95. The van der Waals surface area contributed by atoms with Crippen LogP contribution in [0.3, 0.4) is 0 Å². The Morgan fingerprint density at radius 3 is 1.43 bits per heavy atom. The van der Waals surface area contributed by atoms with E-state index in [0.29, 0.717) is 5.69 Å². The van der Waals surface area contributed by atoms with Crippen molar-refractivity contribution >= 4 is 63.4 Å². The zero-order valence-corrected chi connectivity index (χ0v) is 30.4. The van der Waals surface area contributed by atoms with Gasteiger partial charge in [-0.25, -0.2) is 0 Å². The van der Waals surface area contributed by atoms with E-state index >= 15 is 0 Å². The second-order valence-corrected chi connectivity index (χ2v) is 12.3. The Morgan fingerprint density at radius 1 is 0.549 bits per heavy atom. The van der Waals surface area contributed by atoms with Crippen LogP contribution in [0.2, 0.25) is 0 Å². The van der Waals surface area contributed by atoms with Crippen LogP contribution < -0.4 is 5.32 Å². The summed E-state index contributed by atoms with van der Waals surface area (Å²) in [6.07, 6.45) is -15.0. The molecule has 1 aromatic carbocycles. The van der Waals surface area contributed by atoms with Gasteiger partial charge in [0.2, 0.25) is 0 Å². The van der Waals surface area contributed by atoms with Crippen molar-refractivity contribution in [3.63, 3.8) is 0 Å². The molecule has 18 nitrogen and oxygen atoms in total. The minimum Gasteiger partial charge on any atom is -0.463 e. The maximum atomic E-state index is 12.6. The van der Waals surface area contributed by atoms with Crippen molar-refractivity contribution in [3.8, 4) is 0 Å². The van der Waals surface area contributed by atoms with Gasteiger partial charge in [0.1, 0.15) is 31.5 Å². The second kappa shape index (κ2) is 18.8. The molecule has 1 N–H and O–H groups in total. The van der Waals surface area contributed by atoms with Gasteiger partial charge in [-0.1, -0.05) is 15.9 Å². The lowest BCUT2D eigenvalue weighted by molar-refractivity contribution is -0.343. The maximum absolute atomic E-state index is 12.6. The Morgan fingerprint density at radius 2 is 0.961 bits per heavy atom. The van der Waals surface area contributed by atoms with Crippen molar-refractivity contribution in [2.45, 2.75) is 110 Å². The lowest BCUT2D eigenvalue weighted by Crippen LogP contribution is -2.67. The summed E-state index contributed by atoms with van der Waals surface area (Å²) in [6, 6.07) is 6.81. The monoisotopic (exact) mass is 789 g/mol. The number of nitrogens with one attached hydrogen (secondary N) is 1. The highest BCUT2D eigenvalue weighted by Gasteiger charge is 2.57. The molecule has 2 saturated heterocycles. The molecule has 2 aliphatic rings. The van der Waals surface area contributed by atoms with Gasteiger partial charge >= 0.3 is 41.8 Å². The van der Waals surface area contributed by atoms with E-state index in [1.807, 2.05) is 0 Å². The standard InChI is InChI=1S/C32H40BrNO17/c1-14(35)42-12-23-26(27(45-17(4)38)29(47-19(6)40)31(49-23)34-22-10-8-21(33)9-11-22)51-32-30(48-20(7)41)28(46-18(5)39)25(44-16(3)37)24(50-32)13-43-15(2)36/h8-11,23-32,34H,12-13H2,1-7H3. The molecule has 3 rings (SSSR count). The predicted octanol–water partition coefficient (Wildman–Crippen LogP) is 1.48. The summed E-state index contributed by atoms with van der Waals surface area (Å²) < 4.78 is 57.5. The van der Waals surface area contributed by atoms with E-state index in [0.717, 1.165) is 52.9 Å². The van der Waals surface area contributed by atoms with Crippen LogP contribution in [0, 0.1) is 0 Å². The number of halogens is 1. The number of benzene rings is 1. The average molecular weight is 791 g/mol. The van der Waals surface area contributed by atoms with Gasteiger partial charge < -0.3 is 52.7 Å². The molecule has 19 heteroatoms. The molecule has 0 aromatic heterocycles. The zero-order valence-electron chi connectivity index (χ0n) is 28.8. The fourth-order valence-corrected chi connectivity index (χ4v) is 5.60. The Hall–Kier alpha value is -4.33. The lowest BCUT2D eigenvalue weighted by Gasteiger charge is -2.49. The van der Waals surface area contributed by atoms with Gasteiger partial charge in [0.25, 0.3) is 0 Å². The number of esters is 7. The third-order valence-corrected chi connectivity index (χ3v) is 7.61. The second-order valence-electron chi connectivity index (χ2n) is 11.4. The Bertz CT molecular complexity index is 1440. The van der Waals surface area contributed by atoms with Crippen LogP contribution in [0.4, 0.5) is 5.69 Å². The van der Waals surface area contributed by atoms with Crippen molar-refractivity contribution in [3.05, 3.63) is 28.7 Å². The highest BCUT2D eigenvalue weighted by Crippen LogP contribution is 2.35. The van der Waals surface area contributed by atoms with Crippen LogP contribution in [0.1, 0.15) is 48.5 Å². The summed E-state index contributed by atoms with van der Waals surface area (Å²) in [7, 11) is 0. The van der Waals surface area contributed by atoms with E-state index < -0.39 is 116 Å². The third kappa shape index (κ3) is 12.4. The fourth-order valence-electron chi connectivity index (χ4n) is 5.34. The van der Waals surface area contributed by atoms with Crippen molar-refractivity contribution in [2.24, 2.45) is 0 Å². The van der Waals surface area contributed by atoms with Crippen LogP contribution >= 0.6 is 15.9 Å². The average Bonchev–Trinajstić information content (AvgIpc) is 3.00. The van der Waals surface area contributed by atoms with Crippen LogP contribution in [0.25, 0.3) is 0 Å². The van der Waals surface area contributed by atoms with E-state index in [2.05, 4.69) is 21.2 Å². The van der Waals surface area contributed by atoms with Crippen LogP contribution in [0.15, 0.2) is 28.7 Å².